The summed E-state index contributed by atoms with van der Waals surface area (Å²) in [5, 5.41) is 0. The summed E-state index contributed by atoms with van der Waals surface area (Å²) in [7, 11) is 0. The van der Waals surface area contributed by atoms with Gasteiger partial charge in [-0.3, -0.25) is 15.0 Å². The Hall–Kier alpha value is -1.59. The predicted molar refractivity (Wildman–Crippen MR) is 28.3 cm³/mol. The number of nitrogens with one attached hydrogen (secondary N) is 3. The monoisotopic (exact) mass is 132 g/mol. The van der Waals surface area contributed by atoms with E-state index in [0.717, 1.165) is 0 Å². The molecule has 9 heavy (non-hydrogen) atoms. The van der Waals surface area contributed by atoms with Gasteiger partial charge >= 0.3 is 17.1 Å². The van der Waals surface area contributed by atoms with E-state index in [1.165, 1.54) is 0 Å². The van der Waals surface area contributed by atoms with Crippen LogP contribution >= 0.6 is 0 Å². The summed E-state index contributed by atoms with van der Waals surface area (Å²) in [4.78, 5) is 35.9. The number of H-pyrrole nitrogens is 3. The second kappa shape index (κ2) is 1.73. The number of rotatable bonds is 0. The molecule has 0 radical (unpaired) electrons. The maximum Gasteiger partial charge on any atom is 0.330 e. The van der Waals surface area contributed by atoms with Gasteiger partial charge in [0.25, 0.3) is 0 Å². The van der Waals surface area contributed by atoms with Gasteiger partial charge < -0.3 is 0 Å². The van der Waals surface area contributed by atoms with E-state index in [1.54, 1.807) is 15.0 Å². The van der Waals surface area contributed by atoms with Crippen LogP contribution in [0.4, 0.5) is 0 Å². The highest BCUT2D eigenvalue weighted by Gasteiger charge is 1.84. The first-order valence-corrected chi connectivity index (χ1v) is 2.11. The molecule has 0 aromatic carbocycles. The van der Waals surface area contributed by atoms with Crippen LogP contribution in [0.1, 0.15) is 0 Å². The fourth-order valence-electron chi connectivity index (χ4n) is 0.403. The Kier molecular flexibility index (Phi) is 1.07. The Morgan fingerprint density at radius 1 is 0.667 bits per heavy atom. The highest BCUT2D eigenvalue weighted by molar-refractivity contribution is 4.60. The quantitative estimate of drug-likeness (QED) is 0.372. The number of aromatic nitrogens is 3. The standard InChI is InChI=1S/C3H3N3O3/c7-1-4-2(8)6-3(9)5-1/h(H3,4,5,6,7,8,9)/i4+1,5+1,6+1. The van der Waals surface area contributed by atoms with Crippen molar-refractivity contribution in [3.05, 3.63) is 31.5 Å². The van der Waals surface area contributed by atoms with Gasteiger partial charge in [0, 0.05) is 0 Å². The number of aromatic amines is 3. The summed E-state index contributed by atoms with van der Waals surface area (Å²) in [6, 6.07) is 0. The maximum absolute atomic E-state index is 10.2. The molecule has 0 fully saturated rings. The highest BCUT2D eigenvalue weighted by atomic mass is 16.2. The van der Waals surface area contributed by atoms with E-state index in [9.17, 15) is 14.4 Å². The molecule has 6 nitrogen and oxygen atoms in total. The number of hydrogen-bond acceptors (Lipinski definition) is 3. The molecule has 1 heterocycles. The van der Waals surface area contributed by atoms with Gasteiger partial charge in [-0.15, -0.1) is 0 Å². The molecule has 0 bridgehead atoms. The average molecular weight is 132 g/mol. The van der Waals surface area contributed by atoms with Crippen LogP contribution in [-0.2, 0) is 0 Å². The SMILES string of the molecule is O=c1[15nH]c(=O)[15nH]c(=O)[15nH]1. The molecule has 1 aromatic heterocycles. The summed E-state index contributed by atoms with van der Waals surface area (Å²) in [5.41, 5.74) is -2.41. The molecule has 1 rings (SSSR count). The second-order valence-corrected chi connectivity index (χ2v) is 1.36. The summed E-state index contributed by atoms with van der Waals surface area (Å²) < 4.78 is 0. The minimum Gasteiger partial charge on any atom is -0.259 e. The lowest BCUT2D eigenvalue weighted by Gasteiger charge is -1.77. The molecule has 0 aliphatic rings. The van der Waals surface area contributed by atoms with E-state index < -0.39 is 17.1 Å². The first-order chi connectivity index (χ1) is 4.18. The van der Waals surface area contributed by atoms with Gasteiger partial charge in [-0.1, -0.05) is 0 Å². The van der Waals surface area contributed by atoms with Gasteiger partial charge in [0.2, 0.25) is 0 Å². The molecule has 0 saturated heterocycles. The Morgan fingerprint density at radius 2 is 0.889 bits per heavy atom. The van der Waals surface area contributed by atoms with Crippen LogP contribution in [0.5, 0.6) is 0 Å². The zero-order valence-electron chi connectivity index (χ0n) is 4.22. The molecule has 0 saturated carbocycles. The van der Waals surface area contributed by atoms with Crippen LogP contribution < -0.4 is 17.1 Å². The van der Waals surface area contributed by atoms with Crippen molar-refractivity contribution in [2.75, 3.05) is 0 Å². The van der Waals surface area contributed by atoms with E-state index >= 15 is 0 Å². The van der Waals surface area contributed by atoms with Crippen molar-refractivity contribution >= 4 is 0 Å². The molecule has 0 spiro atoms. The van der Waals surface area contributed by atoms with Crippen molar-refractivity contribution in [1.29, 1.82) is 0 Å². The van der Waals surface area contributed by atoms with E-state index in [-0.39, 0.29) is 0 Å². The van der Waals surface area contributed by atoms with E-state index in [4.69, 9.17) is 0 Å². The van der Waals surface area contributed by atoms with Gasteiger partial charge in [-0.2, -0.15) is 0 Å². The van der Waals surface area contributed by atoms with Gasteiger partial charge in [-0.05, 0) is 0 Å². The minimum absolute atomic E-state index is 0.802. The molecule has 0 amide bonds. The first-order valence-electron chi connectivity index (χ1n) is 2.11. The summed E-state index contributed by atoms with van der Waals surface area (Å²) in [6.07, 6.45) is 0. The molecule has 0 atom stereocenters. The van der Waals surface area contributed by atoms with Crippen molar-refractivity contribution in [2.24, 2.45) is 0 Å². The zero-order chi connectivity index (χ0) is 6.85. The van der Waals surface area contributed by atoms with Gasteiger partial charge in [0.15, 0.2) is 0 Å². The van der Waals surface area contributed by atoms with E-state index in [1.807, 2.05) is 0 Å². The smallest absolute Gasteiger partial charge is 0.259 e. The third kappa shape index (κ3) is 1.15. The van der Waals surface area contributed by atoms with Crippen molar-refractivity contribution in [1.82, 2.24) is 15.0 Å². The van der Waals surface area contributed by atoms with Crippen LogP contribution in [0.2, 0.25) is 0 Å². The van der Waals surface area contributed by atoms with Gasteiger partial charge in [0.05, 0.1) is 0 Å². The summed E-state index contributed by atoms with van der Waals surface area (Å²) in [5.74, 6) is 0. The third-order valence-electron chi connectivity index (χ3n) is 0.681. The molecule has 0 aliphatic heterocycles. The molecule has 1 aromatic rings. The van der Waals surface area contributed by atoms with Crippen LogP contribution in [0.3, 0.4) is 0 Å². The first kappa shape index (κ1) is 5.54. The Bertz CT molecular complexity index is 277. The van der Waals surface area contributed by atoms with Crippen molar-refractivity contribution in [2.45, 2.75) is 0 Å². The molecule has 48 valence electrons. The Labute approximate surface area is 47.6 Å². The molecule has 0 unspecified atom stereocenters. The van der Waals surface area contributed by atoms with Crippen LogP contribution in [0.25, 0.3) is 0 Å². The predicted octanol–water partition coefficient (Wildman–Crippen LogP) is -2.25. The molecule has 0 aliphatic carbocycles. The van der Waals surface area contributed by atoms with Crippen molar-refractivity contribution in [3.63, 3.8) is 0 Å². The lowest BCUT2D eigenvalue weighted by Crippen LogP contribution is -2.34. The van der Waals surface area contributed by atoms with Crippen LogP contribution in [-0.4, -0.2) is 15.0 Å². The topological polar surface area (TPSA) is 98.6 Å². The largest absolute Gasteiger partial charge is 0.330 e. The lowest BCUT2D eigenvalue weighted by molar-refractivity contribution is 0.888. The van der Waals surface area contributed by atoms with E-state index in [0.29, 0.717) is 0 Å². The van der Waals surface area contributed by atoms with Gasteiger partial charge in [-0.25, -0.2) is 14.4 Å². The number of hydrogen-bond donors (Lipinski definition) is 3. The third-order valence-corrected chi connectivity index (χ3v) is 0.681. The highest BCUT2D eigenvalue weighted by Crippen LogP contribution is 1.29. The Balaban J connectivity index is 3.72. The maximum atomic E-state index is 10.2. The van der Waals surface area contributed by atoms with Crippen molar-refractivity contribution < 1.29 is 0 Å². The fraction of sp³-hybridized carbons (Fsp3) is 0. The van der Waals surface area contributed by atoms with Crippen LogP contribution in [0, 0.1) is 0 Å². The molecular weight excluding hydrogens is 129 g/mol. The second-order valence-electron chi connectivity index (χ2n) is 1.36. The van der Waals surface area contributed by atoms with Gasteiger partial charge in [0.1, 0.15) is 0 Å². The summed E-state index contributed by atoms with van der Waals surface area (Å²) >= 11 is 0. The lowest BCUT2D eigenvalue weighted by atomic mass is 11.2. The van der Waals surface area contributed by atoms with E-state index in [2.05, 4.69) is 0 Å². The summed E-state index contributed by atoms with van der Waals surface area (Å²) in [6.45, 7) is 0. The Morgan fingerprint density at radius 3 is 1.11 bits per heavy atom. The molecule has 6 heteroatoms. The van der Waals surface area contributed by atoms with Crippen LogP contribution in [0.15, 0.2) is 14.4 Å². The average Bonchev–Trinajstić information content (AvgIpc) is 1.59. The zero-order valence-corrected chi connectivity index (χ0v) is 4.22. The normalized spacial score (nSPS) is 9.33. The molecule has 3 N–H and O–H groups in total. The fourth-order valence-corrected chi connectivity index (χ4v) is 0.403. The minimum atomic E-state index is -0.802. The molecular formula is C3H3N3O3. The van der Waals surface area contributed by atoms with Crippen molar-refractivity contribution in [3.8, 4) is 0 Å².